The van der Waals surface area contributed by atoms with Crippen LogP contribution in [0.5, 0.6) is 11.5 Å². The van der Waals surface area contributed by atoms with Gasteiger partial charge < -0.3 is 19.3 Å². The highest BCUT2D eigenvalue weighted by atomic mass is 16.6. The van der Waals surface area contributed by atoms with E-state index in [0.29, 0.717) is 11.3 Å². The molecule has 0 fully saturated rings. The number of carbonyl (C=O) groups excluding carboxylic acids is 1. The third-order valence-electron chi connectivity index (χ3n) is 3.67. The van der Waals surface area contributed by atoms with E-state index in [-0.39, 0.29) is 17.1 Å². The summed E-state index contributed by atoms with van der Waals surface area (Å²) in [5.74, 6) is 0.743. The summed E-state index contributed by atoms with van der Waals surface area (Å²) in [7, 11) is 3.15. The first kappa shape index (κ1) is 15.7. The van der Waals surface area contributed by atoms with Crippen LogP contribution in [-0.2, 0) is 9.53 Å². The minimum Gasteiger partial charge on any atom is -0.504 e. The number of aliphatic hydroxyl groups is 1. The number of cyclic esters (lactones) is 1. The molecule has 5 heteroatoms. The van der Waals surface area contributed by atoms with Gasteiger partial charge in [-0.15, -0.1) is 0 Å². The van der Waals surface area contributed by atoms with Crippen LogP contribution in [0.4, 0.5) is 0 Å². The lowest BCUT2D eigenvalue weighted by molar-refractivity contribution is -0.131. The molecule has 5 nitrogen and oxygen atoms in total. The monoisotopic (exact) mass is 324 g/mol. The van der Waals surface area contributed by atoms with Gasteiger partial charge in [-0.1, -0.05) is 24.3 Å². The number of ether oxygens (including phenoxy) is 3. The summed E-state index contributed by atoms with van der Waals surface area (Å²) in [6.45, 7) is 0. The second-order valence-electron chi connectivity index (χ2n) is 5.12. The third kappa shape index (κ3) is 2.96. The Morgan fingerprint density at radius 3 is 2.00 bits per heavy atom. The van der Waals surface area contributed by atoms with Crippen molar-refractivity contribution in [2.45, 2.75) is 0 Å². The molecule has 2 aromatic rings. The highest BCUT2D eigenvalue weighted by molar-refractivity contribution is 6.20. The summed E-state index contributed by atoms with van der Waals surface area (Å²) >= 11 is 0. The highest BCUT2D eigenvalue weighted by Crippen LogP contribution is 2.33. The van der Waals surface area contributed by atoms with Crippen LogP contribution in [0.2, 0.25) is 0 Å². The molecule has 3 rings (SSSR count). The normalized spacial score (nSPS) is 15.6. The van der Waals surface area contributed by atoms with Gasteiger partial charge in [0.25, 0.3) is 0 Å². The van der Waals surface area contributed by atoms with Gasteiger partial charge in [-0.25, -0.2) is 4.79 Å². The van der Waals surface area contributed by atoms with Crippen LogP contribution in [-0.4, -0.2) is 25.3 Å². The fourth-order valence-corrected chi connectivity index (χ4v) is 2.38. The molecule has 1 aliphatic heterocycles. The number of hydrogen-bond donors (Lipinski definition) is 1. The van der Waals surface area contributed by atoms with Crippen molar-refractivity contribution in [3.05, 3.63) is 71.2 Å². The van der Waals surface area contributed by atoms with E-state index in [9.17, 15) is 9.90 Å². The minimum atomic E-state index is -0.586. The lowest BCUT2D eigenvalue weighted by Gasteiger charge is -2.02. The van der Waals surface area contributed by atoms with Crippen molar-refractivity contribution in [3.8, 4) is 11.5 Å². The average Bonchev–Trinajstić information content (AvgIpc) is 2.89. The lowest BCUT2D eigenvalue weighted by Crippen LogP contribution is -1.98. The van der Waals surface area contributed by atoms with Gasteiger partial charge >= 0.3 is 5.97 Å². The van der Waals surface area contributed by atoms with Crippen LogP contribution in [0.3, 0.4) is 0 Å². The Bertz CT molecular complexity index is 814. The molecule has 0 saturated heterocycles. The smallest absolute Gasteiger partial charge is 0.348 e. The van der Waals surface area contributed by atoms with Gasteiger partial charge in [-0.2, -0.15) is 0 Å². The van der Waals surface area contributed by atoms with Crippen molar-refractivity contribution < 1.29 is 24.1 Å². The SMILES string of the molecule is COc1ccc(/C=C2/OC(=O)C(c3ccc(OC)cc3)=C2O)cc1. The zero-order valence-corrected chi connectivity index (χ0v) is 13.3. The summed E-state index contributed by atoms with van der Waals surface area (Å²) < 4.78 is 15.4. The fourth-order valence-electron chi connectivity index (χ4n) is 2.38. The number of methoxy groups -OCH3 is 2. The molecule has 0 aliphatic carbocycles. The molecule has 1 aliphatic rings. The number of aliphatic hydroxyl groups excluding tert-OH is 1. The van der Waals surface area contributed by atoms with Gasteiger partial charge in [0.05, 0.1) is 14.2 Å². The predicted octanol–water partition coefficient (Wildman–Crippen LogP) is 3.57. The summed E-state index contributed by atoms with van der Waals surface area (Å²) in [4.78, 5) is 12.1. The molecule has 122 valence electrons. The number of benzene rings is 2. The lowest BCUT2D eigenvalue weighted by atomic mass is 10.0. The highest BCUT2D eigenvalue weighted by Gasteiger charge is 2.31. The van der Waals surface area contributed by atoms with E-state index in [1.54, 1.807) is 68.8 Å². The van der Waals surface area contributed by atoms with Crippen molar-refractivity contribution in [2.75, 3.05) is 14.2 Å². The van der Waals surface area contributed by atoms with E-state index in [1.165, 1.54) is 0 Å². The summed E-state index contributed by atoms with van der Waals surface area (Å²) in [6, 6.07) is 14.0. The molecule has 0 bridgehead atoms. The Kier molecular flexibility index (Phi) is 4.24. The molecule has 0 atom stereocenters. The maximum absolute atomic E-state index is 12.1. The topological polar surface area (TPSA) is 65.0 Å². The number of carbonyl (C=O) groups is 1. The Labute approximate surface area is 139 Å². The summed E-state index contributed by atoms with van der Waals surface area (Å²) in [5, 5.41) is 10.4. The van der Waals surface area contributed by atoms with Crippen LogP contribution in [0.25, 0.3) is 11.6 Å². The first-order valence-corrected chi connectivity index (χ1v) is 7.28. The molecule has 0 saturated carbocycles. The third-order valence-corrected chi connectivity index (χ3v) is 3.67. The van der Waals surface area contributed by atoms with E-state index in [4.69, 9.17) is 14.2 Å². The molecular formula is C19H16O5. The Balaban J connectivity index is 1.94. The largest absolute Gasteiger partial charge is 0.504 e. The van der Waals surface area contributed by atoms with Crippen LogP contribution in [0, 0.1) is 0 Å². The van der Waals surface area contributed by atoms with Crippen molar-refractivity contribution in [2.24, 2.45) is 0 Å². The standard InChI is InChI=1S/C19H16O5/c1-22-14-7-3-12(4-8-14)11-16-18(20)17(19(21)24-16)13-5-9-15(23-2)10-6-13/h3-11,20H,1-2H3/b16-11+. The Hall–Kier alpha value is -3.21. The molecule has 0 radical (unpaired) electrons. The Morgan fingerprint density at radius 1 is 0.917 bits per heavy atom. The maximum Gasteiger partial charge on any atom is 0.348 e. The molecule has 1 heterocycles. The predicted molar refractivity (Wildman–Crippen MR) is 89.6 cm³/mol. The van der Waals surface area contributed by atoms with Crippen LogP contribution in [0.1, 0.15) is 11.1 Å². The minimum absolute atomic E-state index is 0.121. The zero-order chi connectivity index (χ0) is 17.1. The molecule has 0 aromatic heterocycles. The first-order valence-electron chi connectivity index (χ1n) is 7.28. The second-order valence-corrected chi connectivity index (χ2v) is 5.12. The average molecular weight is 324 g/mol. The van der Waals surface area contributed by atoms with E-state index < -0.39 is 5.97 Å². The van der Waals surface area contributed by atoms with Crippen molar-refractivity contribution in [3.63, 3.8) is 0 Å². The molecular weight excluding hydrogens is 308 g/mol. The molecule has 0 spiro atoms. The quantitative estimate of drug-likeness (QED) is 0.871. The van der Waals surface area contributed by atoms with Gasteiger partial charge in [0, 0.05) is 0 Å². The summed E-state index contributed by atoms with van der Waals surface area (Å²) in [6.07, 6.45) is 1.60. The number of rotatable bonds is 4. The van der Waals surface area contributed by atoms with E-state index in [1.807, 2.05) is 0 Å². The maximum atomic E-state index is 12.1. The van der Waals surface area contributed by atoms with Crippen LogP contribution < -0.4 is 9.47 Å². The molecule has 2 aromatic carbocycles. The molecule has 1 N–H and O–H groups in total. The van der Waals surface area contributed by atoms with Crippen molar-refractivity contribution >= 4 is 17.6 Å². The molecule has 0 amide bonds. The molecule has 24 heavy (non-hydrogen) atoms. The summed E-state index contributed by atoms with van der Waals surface area (Å²) in [5.41, 5.74) is 1.48. The first-order chi connectivity index (χ1) is 11.6. The zero-order valence-electron chi connectivity index (χ0n) is 13.3. The Morgan fingerprint density at radius 2 is 1.46 bits per heavy atom. The van der Waals surface area contributed by atoms with Crippen LogP contribution >= 0.6 is 0 Å². The van der Waals surface area contributed by atoms with E-state index in [0.717, 1.165) is 11.3 Å². The van der Waals surface area contributed by atoms with Crippen molar-refractivity contribution in [1.29, 1.82) is 0 Å². The van der Waals surface area contributed by atoms with E-state index >= 15 is 0 Å². The van der Waals surface area contributed by atoms with Crippen molar-refractivity contribution in [1.82, 2.24) is 0 Å². The fraction of sp³-hybridized carbons (Fsp3) is 0.105. The second kappa shape index (κ2) is 6.50. The van der Waals surface area contributed by atoms with Gasteiger partial charge in [0.2, 0.25) is 0 Å². The van der Waals surface area contributed by atoms with Gasteiger partial charge in [-0.3, -0.25) is 0 Å². The number of hydrogen-bond acceptors (Lipinski definition) is 5. The van der Waals surface area contributed by atoms with Gasteiger partial charge in [0.1, 0.15) is 17.1 Å². The van der Waals surface area contributed by atoms with Gasteiger partial charge in [-0.05, 0) is 41.5 Å². The van der Waals surface area contributed by atoms with Gasteiger partial charge in [0.15, 0.2) is 11.5 Å². The van der Waals surface area contributed by atoms with E-state index in [2.05, 4.69) is 0 Å². The molecule has 0 unspecified atom stereocenters. The van der Waals surface area contributed by atoms with Crippen LogP contribution in [0.15, 0.2) is 60.0 Å². The number of esters is 1.